The van der Waals surface area contributed by atoms with Crippen molar-refractivity contribution in [2.45, 2.75) is 25.3 Å². The van der Waals surface area contributed by atoms with Crippen molar-refractivity contribution in [1.82, 2.24) is 5.32 Å². The maximum absolute atomic E-state index is 6.93. The molecule has 9 aromatic carbocycles. The Kier molecular flexibility index (Phi) is 8.55. The maximum Gasteiger partial charge on any atom is 0.138 e. The number of hydrogen-bond acceptors (Lipinski definition) is 4. The highest BCUT2D eigenvalue weighted by Gasteiger charge is 2.36. The monoisotopic (exact) mass is 809 g/mol. The van der Waals surface area contributed by atoms with E-state index >= 15 is 0 Å². The third-order valence-electron chi connectivity index (χ3n) is 13.1. The van der Waals surface area contributed by atoms with Gasteiger partial charge in [-0.05, 0) is 86.3 Å². The first-order valence-electron chi connectivity index (χ1n) is 21.7. The number of furan rings is 1. The molecule has 1 aromatic heterocycles. The second-order valence-corrected chi connectivity index (χ2v) is 17.2. The average Bonchev–Trinajstić information content (AvgIpc) is 3.84. The molecule has 4 heteroatoms. The van der Waals surface area contributed by atoms with Gasteiger partial charge in [0, 0.05) is 44.6 Å². The summed E-state index contributed by atoms with van der Waals surface area (Å²) in [6, 6.07) is 73.5. The molecule has 300 valence electrons. The summed E-state index contributed by atoms with van der Waals surface area (Å²) in [6.07, 6.45) is 2.27. The van der Waals surface area contributed by atoms with E-state index in [0.29, 0.717) is 0 Å². The summed E-state index contributed by atoms with van der Waals surface area (Å²) in [4.78, 5) is 7.76. The lowest BCUT2D eigenvalue weighted by molar-refractivity contribution is 0.657. The molecule has 2 aliphatic rings. The maximum atomic E-state index is 6.93. The fraction of sp³-hybridized carbons (Fsp3) is 0.0678. The Morgan fingerprint density at radius 1 is 0.492 bits per heavy atom. The summed E-state index contributed by atoms with van der Waals surface area (Å²) >= 11 is 0. The van der Waals surface area contributed by atoms with Crippen LogP contribution < -0.4 is 10.2 Å². The van der Waals surface area contributed by atoms with Crippen molar-refractivity contribution >= 4 is 61.3 Å². The molecule has 12 rings (SSSR count). The van der Waals surface area contributed by atoms with Gasteiger partial charge >= 0.3 is 0 Å². The number of aliphatic imine (C=N–C) groups is 1. The molecule has 1 unspecified atom stereocenters. The van der Waals surface area contributed by atoms with Crippen molar-refractivity contribution in [3.05, 3.63) is 240 Å². The minimum absolute atomic E-state index is 0.109. The van der Waals surface area contributed by atoms with E-state index in [9.17, 15) is 0 Å². The van der Waals surface area contributed by atoms with Gasteiger partial charge in [0.2, 0.25) is 0 Å². The van der Waals surface area contributed by atoms with E-state index in [1.807, 2.05) is 0 Å². The predicted molar refractivity (Wildman–Crippen MR) is 262 cm³/mol. The van der Waals surface area contributed by atoms with E-state index in [-0.39, 0.29) is 11.5 Å². The van der Waals surface area contributed by atoms with Crippen LogP contribution in [0.1, 0.15) is 47.7 Å². The standard InChI is InChI=1S/C59H43N3O/c1-59(2)49-27-15-14-23-44(49)45-34-31-41(35-50(45)59)52-36-51(40-19-8-4-9-20-40)60-58(61-52)48-26-16-28-54-57(48)56-47-25-13-12-24-46(47)53(37-55(56)63-54)62(42-21-10-5-11-22-42)43-32-29-39(30-33-43)38-17-6-3-7-18-38/h3-37,52H,1-2H3,(H,60,61). The first-order chi connectivity index (χ1) is 31.0. The van der Waals surface area contributed by atoms with Gasteiger partial charge in [-0.15, -0.1) is 0 Å². The molecule has 2 heterocycles. The number of nitrogens with one attached hydrogen (secondary N) is 1. The Bertz CT molecular complexity index is 3440. The van der Waals surface area contributed by atoms with Gasteiger partial charge in [-0.2, -0.15) is 0 Å². The molecule has 1 aliphatic heterocycles. The quantitative estimate of drug-likeness (QED) is 0.174. The Morgan fingerprint density at radius 2 is 1.11 bits per heavy atom. The number of benzene rings is 9. The molecule has 1 atom stereocenters. The third-order valence-corrected chi connectivity index (χ3v) is 13.1. The van der Waals surface area contributed by atoms with E-state index in [1.165, 1.54) is 38.9 Å². The first-order valence-corrected chi connectivity index (χ1v) is 21.7. The Balaban J connectivity index is 1.02. The molecule has 1 N–H and O–H groups in total. The molecular formula is C59H43N3O. The van der Waals surface area contributed by atoms with Crippen LogP contribution in [-0.2, 0) is 5.41 Å². The van der Waals surface area contributed by atoms with Crippen LogP contribution in [0.4, 0.5) is 17.1 Å². The van der Waals surface area contributed by atoms with E-state index in [0.717, 1.165) is 72.4 Å². The van der Waals surface area contributed by atoms with Gasteiger partial charge in [-0.3, -0.25) is 0 Å². The number of fused-ring (bicyclic) bond motifs is 8. The minimum atomic E-state index is -0.123. The summed E-state index contributed by atoms with van der Waals surface area (Å²) in [7, 11) is 0. The smallest absolute Gasteiger partial charge is 0.138 e. The van der Waals surface area contributed by atoms with Crippen molar-refractivity contribution in [2.75, 3.05) is 4.90 Å². The third kappa shape index (κ3) is 6.09. The largest absolute Gasteiger partial charge is 0.456 e. The Hall–Kier alpha value is -7.95. The highest BCUT2D eigenvalue weighted by molar-refractivity contribution is 6.27. The highest BCUT2D eigenvalue weighted by atomic mass is 16.3. The minimum Gasteiger partial charge on any atom is -0.456 e. The predicted octanol–water partition coefficient (Wildman–Crippen LogP) is 15.3. The van der Waals surface area contributed by atoms with Gasteiger partial charge < -0.3 is 14.6 Å². The first kappa shape index (κ1) is 36.9. The van der Waals surface area contributed by atoms with Crippen molar-refractivity contribution in [3.63, 3.8) is 0 Å². The zero-order valence-corrected chi connectivity index (χ0v) is 35.1. The number of anilines is 3. The van der Waals surface area contributed by atoms with Crippen molar-refractivity contribution in [2.24, 2.45) is 4.99 Å². The van der Waals surface area contributed by atoms with Gasteiger partial charge in [0.25, 0.3) is 0 Å². The van der Waals surface area contributed by atoms with Crippen LogP contribution in [0.5, 0.6) is 0 Å². The second kappa shape index (κ2) is 14.6. The summed E-state index contributed by atoms with van der Waals surface area (Å²) < 4.78 is 6.93. The van der Waals surface area contributed by atoms with Gasteiger partial charge in [0.05, 0.1) is 17.4 Å². The van der Waals surface area contributed by atoms with Gasteiger partial charge in [0.15, 0.2) is 0 Å². The summed E-state index contributed by atoms with van der Waals surface area (Å²) in [5.74, 6) is 0.815. The molecule has 0 radical (unpaired) electrons. The molecule has 0 spiro atoms. The summed E-state index contributed by atoms with van der Waals surface area (Å²) in [5, 5.41) is 8.29. The lowest BCUT2D eigenvalue weighted by atomic mass is 9.81. The number of para-hydroxylation sites is 1. The molecule has 0 saturated heterocycles. The van der Waals surface area contributed by atoms with Crippen molar-refractivity contribution < 1.29 is 4.42 Å². The van der Waals surface area contributed by atoms with Crippen LogP contribution in [0.25, 0.3) is 60.7 Å². The summed E-state index contributed by atoms with van der Waals surface area (Å²) in [6.45, 7) is 4.68. The molecule has 63 heavy (non-hydrogen) atoms. The second-order valence-electron chi connectivity index (χ2n) is 17.2. The van der Waals surface area contributed by atoms with Crippen LogP contribution in [0.2, 0.25) is 0 Å². The van der Waals surface area contributed by atoms with Crippen LogP contribution in [0.15, 0.2) is 222 Å². The number of nitrogens with zero attached hydrogens (tertiary/aromatic N) is 2. The van der Waals surface area contributed by atoms with Gasteiger partial charge in [0.1, 0.15) is 17.0 Å². The normalized spacial score (nSPS) is 15.1. The molecule has 0 fully saturated rings. The Morgan fingerprint density at radius 3 is 1.89 bits per heavy atom. The lowest BCUT2D eigenvalue weighted by Crippen LogP contribution is -2.31. The molecule has 0 amide bonds. The van der Waals surface area contributed by atoms with Crippen molar-refractivity contribution in [3.8, 4) is 22.3 Å². The molecule has 1 aliphatic carbocycles. The average molecular weight is 810 g/mol. The molecule has 0 bridgehead atoms. The number of hydrogen-bond donors (Lipinski definition) is 1. The lowest BCUT2D eigenvalue weighted by Gasteiger charge is -2.27. The molecular weight excluding hydrogens is 767 g/mol. The van der Waals surface area contributed by atoms with E-state index in [4.69, 9.17) is 9.41 Å². The number of rotatable bonds is 7. The zero-order valence-electron chi connectivity index (χ0n) is 35.1. The zero-order chi connectivity index (χ0) is 42.1. The van der Waals surface area contributed by atoms with Gasteiger partial charge in [-0.1, -0.05) is 184 Å². The van der Waals surface area contributed by atoms with Crippen LogP contribution in [-0.4, -0.2) is 5.84 Å². The topological polar surface area (TPSA) is 40.8 Å². The molecule has 10 aromatic rings. The summed E-state index contributed by atoms with van der Waals surface area (Å²) in [5.41, 5.74) is 16.6. The van der Waals surface area contributed by atoms with Gasteiger partial charge in [-0.25, -0.2) is 4.99 Å². The fourth-order valence-corrected chi connectivity index (χ4v) is 10.0. The van der Waals surface area contributed by atoms with Crippen LogP contribution in [0.3, 0.4) is 0 Å². The Labute approximate surface area is 367 Å². The van der Waals surface area contributed by atoms with Crippen LogP contribution in [0, 0.1) is 0 Å². The number of amidine groups is 1. The molecule has 4 nitrogen and oxygen atoms in total. The fourth-order valence-electron chi connectivity index (χ4n) is 10.0. The van der Waals surface area contributed by atoms with E-state index in [1.54, 1.807) is 0 Å². The SMILES string of the molecule is CC1(C)c2ccccc2-c2ccc(C3C=C(c4ccccc4)N=C(c4cccc5oc6cc(N(c7ccccc7)c7ccc(-c8ccccc8)cc7)c7ccccc7c6c45)N3)cc21. The van der Waals surface area contributed by atoms with E-state index in [2.05, 4.69) is 236 Å². The highest BCUT2D eigenvalue weighted by Crippen LogP contribution is 2.50. The van der Waals surface area contributed by atoms with Crippen LogP contribution >= 0.6 is 0 Å². The van der Waals surface area contributed by atoms with Crippen molar-refractivity contribution in [1.29, 1.82) is 0 Å². The van der Waals surface area contributed by atoms with E-state index < -0.39 is 0 Å². The molecule has 0 saturated carbocycles.